The number of rotatable bonds is 5. The highest BCUT2D eigenvalue weighted by molar-refractivity contribution is 6.09. The fourth-order valence-corrected chi connectivity index (χ4v) is 3.84. The van der Waals surface area contributed by atoms with Crippen molar-refractivity contribution in [2.45, 2.75) is 6.54 Å². The topological polar surface area (TPSA) is 126 Å². The Hall–Kier alpha value is -3.99. The Labute approximate surface area is 183 Å². The number of nitrogens with zero attached hydrogens (tertiary/aromatic N) is 5. The second-order valence-corrected chi connectivity index (χ2v) is 7.39. The van der Waals surface area contributed by atoms with Crippen LogP contribution >= 0.6 is 0 Å². The summed E-state index contributed by atoms with van der Waals surface area (Å²) in [7, 11) is 1.56. The lowest BCUT2D eigenvalue weighted by Crippen LogP contribution is -2.43. The number of ether oxygens (including phenoxy) is 1. The maximum atomic E-state index is 12.8. The summed E-state index contributed by atoms with van der Waals surface area (Å²) < 4.78 is 10.8. The van der Waals surface area contributed by atoms with E-state index >= 15 is 0 Å². The molecule has 3 aromatic rings. The first-order chi connectivity index (χ1) is 15.6. The molecule has 0 radical (unpaired) electrons. The highest BCUT2D eigenvalue weighted by Crippen LogP contribution is 2.30. The molecule has 4 heterocycles. The minimum atomic E-state index is -0.570. The number of carbonyl (C=O) groups excluding carboxylic acids is 2. The molecule has 2 aliphatic rings. The van der Waals surface area contributed by atoms with Crippen molar-refractivity contribution >= 4 is 29.2 Å². The van der Waals surface area contributed by atoms with E-state index in [1.54, 1.807) is 37.7 Å². The summed E-state index contributed by atoms with van der Waals surface area (Å²) in [6.07, 6.45) is 3.27. The molecule has 0 bridgehead atoms. The van der Waals surface area contributed by atoms with Gasteiger partial charge >= 0.3 is 17.8 Å². The normalized spacial score (nSPS) is 15.6. The Morgan fingerprint density at radius 1 is 1.22 bits per heavy atom. The fraction of sp³-hybridized carbons (Fsp3) is 0.286. The van der Waals surface area contributed by atoms with Crippen molar-refractivity contribution in [1.82, 2.24) is 20.5 Å². The van der Waals surface area contributed by atoms with E-state index in [9.17, 15) is 9.59 Å². The van der Waals surface area contributed by atoms with E-state index in [0.717, 1.165) is 37.4 Å². The summed E-state index contributed by atoms with van der Waals surface area (Å²) >= 11 is 0. The molecular weight excluding hydrogens is 414 g/mol. The first kappa shape index (κ1) is 19.9. The van der Waals surface area contributed by atoms with E-state index in [2.05, 4.69) is 30.7 Å². The Bertz CT molecular complexity index is 1170. The number of amides is 2. The predicted molar refractivity (Wildman–Crippen MR) is 115 cm³/mol. The third-order valence-corrected chi connectivity index (χ3v) is 5.46. The summed E-state index contributed by atoms with van der Waals surface area (Å²) in [4.78, 5) is 33.1. The van der Waals surface area contributed by atoms with Gasteiger partial charge in [0.25, 0.3) is 5.91 Å². The fourth-order valence-electron chi connectivity index (χ4n) is 3.84. The van der Waals surface area contributed by atoms with Gasteiger partial charge in [-0.05, 0) is 29.8 Å². The zero-order chi connectivity index (χ0) is 22.1. The number of hydrogen-bond donors (Lipinski definition) is 2. The third-order valence-electron chi connectivity index (χ3n) is 5.46. The predicted octanol–water partition coefficient (Wildman–Crippen LogP) is 1.30. The molecule has 1 saturated heterocycles. The van der Waals surface area contributed by atoms with Crippen LogP contribution in [0.5, 0.6) is 5.75 Å². The van der Waals surface area contributed by atoms with Gasteiger partial charge in [-0.2, -0.15) is 0 Å². The quantitative estimate of drug-likeness (QED) is 0.610. The summed E-state index contributed by atoms with van der Waals surface area (Å²) in [5.41, 5.74) is 2.74. The van der Waals surface area contributed by atoms with Gasteiger partial charge in [0.05, 0.1) is 31.2 Å². The van der Waals surface area contributed by atoms with Crippen LogP contribution in [0.1, 0.15) is 26.6 Å². The summed E-state index contributed by atoms with van der Waals surface area (Å²) in [6, 6.07) is 7.02. The molecule has 2 N–H and O–H groups in total. The van der Waals surface area contributed by atoms with Crippen molar-refractivity contribution < 1.29 is 18.7 Å². The minimum Gasteiger partial charge on any atom is -0.497 e. The van der Waals surface area contributed by atoms with Crippen molar-refractivity contribution in [3.05, 3.63) is 53.7 Å². The van der Waals surface area contributed by atoms with E-state index in [0.29, 0.717) is 17.0 Å². The standard InChI is InChI=1S/C21H21N7O4/c1-31-14-2-3-15-13(10-14)12-28(20(15)30)21-26-25-19(32-21)18(29)24-16-11-23-5-4-17(16)27-8-6-22-7-9-27/h2-5,10-11,22H,6-9,12H2,1H3,(H,24,29). The van der Waals surface area contributed by atoms with Gasteiger partial charge in [0.1, 0.15) is 5.75 Å². The van der Waals surface area contributed by atoms with Gasteiger partial charge < -0.3 is 24.7 Å². The SMILES string of the molecule is COc1ccc2c(c1)CN(c1nnc(C(=O)Nc3cnccc3N3CCNCC3)o1)C2=O. The number of hydrogen-bond acceptors (Lipinski definition) is 9. The molecule has 11 nitrogen and oxygen atoms in total. The maximum Gasteiger partial charge on any atom is 0.326 e. The molecule has 164 valence electrons. The highest BCUT2D eigenvalue weighted by Gasteiger charge is 2.33. The first-order valence-electron chi connectivity index (χ1n) is 10.2. The number of nitrogens with one attached hydrogen (secondary N) is 2. The van der Waals surface area contributed by atoms with Crippen molar-refractivity contribution in [1.29, 1.82) is 0 Å². The van der Waals surface area contributed by atoms with Crippen LogP contribution in [0.2, 0.25) is 0 Å². The van der Waals surface area contributed by atoms with E-state index in [1.807, 2.05) is 6.07 Å². The summed E-state index contributed by atoms with van der Waals surface area (Å²) in [6.45, 7) is 3.62. The van der Waals surface area contributed by atoms with Gasteiger partial charge in [0, 0.05) is 37.9 Å². The molecule has 2 aliphatic heterocycles. The second-order valence-electron chi connectivity index (χ2n) is 7.39. The van der Waals surface area contributed by atoms with Crippen LogP contribution < -0.4 is 25.2 Å². The number of methoxy groups -OCH3 is 1. The van der Waals surface area contributed by atoms with Crippen LogP contribution in [0.4, 0.5) is 17.4 Å². The highest BCUT2D eigenvalue weighted by atomic mass is 16.5. The second kappa shape index (κ2) is 8.27. The number of fused-ring (bicyclic) bond motifs is 1. The van der Waals surface area contributed by atoms with E-state index < -0.39 is 5.91 Å². The molecule has 0 atom stereocenters. The number of benzene rings is 1. The van der Waals surface area contributed by atoms with Crippen LogP contribution in [-0.2, 0) is 6.54 Å². The average molecular weight is 435 g/mol. The molecule has 1 aromatic carbocycles. The van der Waals surface area contributed by atoms with Gasteiger partial charge in [0.15, 0.2) is 0 Å². The van der Waals surface area contributed by atoms with Crippen LogP contribution in [0.15, 0.2) is 41.1 Å². The summed E-state index contributed by atoms with van der Waals surface area (Å²) in [5.74, 6) is -0.428. The van der Waals surface area contributed by atoms with Crippen LogP contribution in [0, 0.1) is 0 Å². The number of piperazine rings is 1. The van der Waals surface area contributed by atoms with Crippen LogP contribution in [0.25, 0.3) is 0 Å². The molecule has 11 heteroatoms. The first-order valence-corrected chi connectivity index (χ1v) is 10.2. The smallest absolute Gasteiger partial charge is 0.326 e. The molecular formula is C21H21N7O4. The van der Waals surface area contributed by atoms with Gasteiger partial charge in [0.2, 0.25) is 0 Å². The van der Waals surface area contributed by atoms with Gasteiger partial charge in [-0.1, -0.05) is 5.10 Å². The lowest BCUT2D eigenvalue weighted by Gasteiger charge is -2.30. The van der Waals surface area contributed by atoms with Crippen molar-refractivity contribution in [3.8, 4) is 5.75 Å². The lowest BCUT2D eigenvalue weighted by atomic mass is 10.1. The molecule has 0 saturated carbocycles. The zero-order valence-electron chi connectivity index (χ0n) is 17.4. The van der Waals surface area contributed by atoms with Crippen molar-refractivity contribution in [3.63, 3.8) is 0 Å². The van der Waals surface area contributed by atoms with E-state index in [4.69, 9.17) is 9.15 Å². The molecule has 2 aromatic heterocycles. The van der Waals surface area contributed by atoms with Crippen molar-refractivity contribution in [2.75, 3.05) is 48.4 Å². The van der Waals surface area contributed by atoms with E-state index in [-0.39, 0.29) is 24.4 Å². The molecule has 0 aliphatic carbocycles. The summed E-state index contributed by atoms with van der Waals surface area (Å²) in [5, 5.41) is 13.8. The Kier molecular flexibility index (Phi) is 5.15. The van der Waals surface area contributed by atoms with Crippen LogP contribution in [-0.4, -0.2) is 60.3 Å². The zero-order valence-corrected chi connectivity index (χ0v) is 17.4. The molecule has 32 heavy (non-hydrogen) atoms. The maximum absolute atomic E-state index is 12.8. The van der Waals surface area contributed by atoms with Crippen LogP contribution in [0.3, 0.4) is 0 Å². The average Bonchev–Trinajstić information content (AvgIpc) is 3.45. The van der Waals surface area contributed by atoms with Crippen molar-refractivity contribution in [2.24, 2.45) is 0 Å². The van der Waals surface area contributed by atoms with E-state index in [1.165, 1.54) is 4.90 Å². The Morgan fingerprint density at radius 3 is 2.88 bits per heavy atom. The number of anilines is 3. The molecule has 0 unspecified atom stereocenters. The minimum absolute atomic E-state index is 0.0381. The monoisotopic (exact) mass is 435 g/mol. The molecule has 2 amide bonds. The number of aromatic nitrogens is 3. The largest absolute Gasteiger partial charge is 0.497 e. The lowest BCUT2D eigenvalue weighted by molar-refractivity contribution is 0.0972. The Morgan fingerprint density at radius 2 is 2.06 bits per heavy atom. The number of pyridine rings is 1. The molecule has 5 rings (SSSR count). The molecule has 1 fully saturated rings. The third kappa shape index (κ3) is 3.62. The van der Waals surface area contributed by atoms with Gasteiger partial charge in [-0.3, -0.25) is 19.5 Å². The van der Waals surface area contributed by atoms with Gasteiger partial charge in [-0.15, -0.1) is 5.10 Å². The van der Waals surface area contributed by atoms with Gasteiger partial charge in [-0.25, -0.2) is 0 Å². The molecule has 0 spiro atoms. The number of carbonyl (C=O) groups is 2. The Balaban J connectivity index is 1.33.